The fourth-order valence-corrected chi connectivity index (χ4v) is 3.53. The Balaban J connectivity index is 2.30. The molecule has 0 aromatic carbocycles. The maximum Gasteiger partial charge on any atom is 0.133 e. The van der Waals surface area contributed by atoms with Crippen LogP contribution in [0.25, 0.3) is 0 Å². The molecule has 2 aromatic heterocycles. The lowest BCUT2D eigenvalue weighted by Gasteiger charge is -2.23. The third kappa shape index (κ3) is 3.59. The predicted octanol–water partition coefficient (Wildman–Crippen LogP) is 3.88. The molecule has 2 aromatic rings. The lowest BCUT2D eigenvalue weighted by Crippen LogP contribution is -2.22. The number of thiophene rings is 1. The number of rotatable bonds is 5. The van der Waals surface area contributed by atoms with Crippen LogP contribution in [0.2, 0.25) is 0 Å². The Hall–Kier alpha value is -0.910. The Labute approximate surface area is 133 Å². The van der Waals surface area contributed by atoms with Crippen LogP contribution in [0, 0.1) is 13.8 Å². The van der Waals surface area contributed by atoms with Crippen molar-refractivity contribution in [2.45, 2.75) is 26.9 Å². The van der Waals surface area contributed by atoms with Gasteiger partial charge in [-0.05, 0) is 65.5 Å². The van der Waals surface area contributed by atoms with Crippen LogP contribution in [0.5, 0.6) is 0 Å². The summed E-state index contributed by atoms with van der Waals surface area (Å²) in [6.07, 6.45) is 0. The largest absolute Gasteiger partial charge is 0.355 e. The highest BCUT2D eigenvalue weighted by molar-refractivity contribution is 9.11. The van der Waals surface area contributed by atoms with E-state index in [1.54, 1.807) is 11.3 Å². The molecule has 1 N–H and O–H groups in total. The molecule has 5 heteroatoms. The first-order valence-electron chi connectivity index (χ1n) is 6.57. The van der Waals surface area contributed by atoms with Gasteiger partial charge in [-0.15, -0.1) is 11.3 Å². The summed E-state index contributed by atoms with van der Waals surface area (Å²) in [7, 11) is 4.07. The normalized spacial score (nSPS) is 10.8. The van der Waals surface area contributed by atoms with Crippen molar-refractivity contribution >= 4 is 33.1 Å². The highest BCUT2D eigenvalue weighted by Crippen LogP contribution is 2.26. The number of pyridine rings is 1. The van der Waals surface area contributed by atoms with Crippen LogP contribution in [-0.4, -0.2) is 19.1 Å². The van der Waals surface area contributed by atoms with Gasteiger partial charge in [0.15, 0.2) is 0 Å². The van der Waals surface area contributed by atoms with Gasteiger partial charge in [-0.25, -0.2) is 4.98 Å². The summed E-state index contributed by atoms with van der Waals surface area (Å²) in [6.45, 7) is 5.91. The number of hydrogen-bond donors (Lipinski definition) is 1. The third-order valence-electron chi connectivity index (χ3n) is 3.21. The zero-order chi connectivity index (χ0) is 14.7. The van der Waals surface area contributed by atoms with Gasteiger partial charge in [-0.2, -0.15) is 0 Å². The van der Waals surface area contributed by atoms with Gasteiger partial charge in [0, 0.05) is 31.4 Å². The first-order chi connectivity index (χ1) is 9.51. The van der Waals surface area contributed by atoms with E-state index in [0.29, 0.717) is 0 Å². The molecule has 2 rings (SSSR count). The number of aryl methyl sites for hydroxylation is 2. The van der Waals surface area contributed by atoms with E-state index in [9.17, 15) is 0 Å². The summed E-state index contributed by atoms with van der Waals surface area (Å²) >= 11 is 5.23. The SMILES string of the molecule is CNCc1c(C)cc(C)nc1N(C)Cc1csc(Br)c1. The van der Waals surface area contributed by atoms with Crippen LogP contribution < -0.4 is 10.2 Å². The zero-order valence-electron chi connectivity index (χ0n) is 12.3. The van der Waals surface area contributed by atoms with E-state index in [2.05, 4.69) is 64.6 Å². The molecule has 0 saturated heterocycles. The molecule has 20 heavy (non-hydrogen) atoms. The molecule has 0 unspecified atom stereocenters. The van der Waals surface area contributed by atoms with Gasteiger partial charge in [0.2, 0.25) is 0 Å². The minimum Gasteiger partial charge on any atom is -0.355 e. The van der Waals surface area contributed by atoms with Crippen LogP contribution in [0.1, 0.15) is 22.4 Å². The number of aromatic nitrogens is 1. The lowest BCUT2D eigenvalue weighted by molar-refractivity contribution is 0.787. The molecule has 3 nitrogen and oxygen atoms in total. The van der Waals surface area contributed by atoms with Gasteiger partial charge >= 0.3 is 0 Å². The van der Waals surface area contributed by atoms with Gasteiger partial charge in [-0.1, -0.05) is 0 Å². The number of anilines is 1. The Morgan fingerprint density at radius 3 is 2.70 bits per heavy atom. The molecule has 0 aliphatic heterocycles. The maximum absolute atomic E-state index is 4.73. The fraction of sp³-hybridized carbons (Fsp3) is 0.400. The summed E-state index contributed by atoms with van der Waals surface area (Å²) in [4.78, 5) is 6.96. The fourth-order valence-electron chi connectivity index (χ4n) is 2.33. The number of nitrogens with zero attached hydrogens (tertiary/aromatic N) is 2. The molecule has 0 amide bonds. The van der Waals surface area contributed by atoms with Crippen molar-refractivity contribution < 1.29 is 0 Å². The molecule has 0 bridgehead atoms. The highest BCUT2D eigenvalue weighted by atomic mass is 79.9. The third-order valence-corrected chi connectivity index (χ3v) is 4.76. The molecule has 0 radical (unpaired) electrons. The van der Waals surface area contributed by atoms with Gasteiger partial charge in [0.1, 0.15) is 5.82 Å². The Morgan fingerprint density at radius 1 is 1.35 bits per heavy atom. The summed E-state index contributed by atoms with van der Waals surface area (Å²) in [5, 5.41) is 5.42. The van der Waals surface area contributed by atoms with Crippen LogP contribution >= 0.6 is 27.3 Å². The topological polar surface area (TPSA) is 28.2 Å². The van der Waals surface area contributed by atoms with E-state index in [4.69, 9.17) is 4.98 Å². The van der Waals surface area contributed by atoms with Gasteiger partial charge in [-0.3, -0.25) is 0 Å². The monoisotopic (exact) mass is 353 g/mol. The molecule has 0 aliphatic carbocycles. The first kappa shape index (κ1) is 15.5. The summed E-state index contributed by atoms with van der Waals surface area (Å²) < 4.78 is 1.17. The van der Waals surface area contributed by atoms with E-state index in [-0.39, 0.29) is 0 Å². The quantitative estimate of drug-likeness (QED) is 0.883. The number of hydrogen-bond acceptors (Lipinski definition) is 4. The molecule has 108 valence electrons. The van der Waals surface area contributed by atoms with E-state index < -0.39 is 0 Å². The Kier molecular flexibility index (Phi) is 5.18. The van der Waals surface area contributed by atoms with Gasteiger partial charge in [0.25, 0.3) is 0 Å². The van der Waals surface area contributed by atoms with Gasteiger partial charge < -0.3 is 10.2 Å². The smallest absolute Gasteiger partial charge is 0.133 e. The first-order valence-corrected chi connectivity index (χ1v) is 8.24. The molecule has 0 aliphatic rings. The maximum atomic E-state index is 4.73. The summed E-state index contributed by atoms with van der Waals surface area (Å²) in [5.41, 5.74) is 4.94. The average Bonchev–Trinajstić information content (AvgIpc) is 2.77. The molecular weight excluding hydrogens is 334 g/mol. The van der Waals surface area contributed by atoms with Crippen molar-refractivity contribution in [3.05, 3.63) is 43.7 Å². The van der Waals surface area contributed by atoms with Crippen molar-refractivity contribution in [3.63, 3.8) is 0 Å². The molecule has 2 heterocycles. The molecule has 0 fully saturated rings. The second-order valence-electron chi connectivity index (χ2n) is 5.03. The Bertz CT molecular complexity index is 595. The summed E-state index contributed by atoms with van der Waals surface area (Å²) in [5.74, 6) is 1.07. The van der Waals surface area contributed by atoms with Crippen LogP contribution in [-0.2, 0) is 13.1 Å². The summed E-state index contributed by atoms with van der Waals surface area (Å²) in [6, 6.07) is 4.31. The second-order valence-corrected chi connectivity index (χ2v) is 7.32. The number of halogens is 1. The minimum absolute atomic E-state index is 0.839. The van der Waals surface area contributed by atoms with E-state index in [1.807, 2.05) is 7.05 Å². The van der Waals surface area contributed by atoms with Crippen molar-refractivity contribution in [3.8, 4) is 0 Å². The van der Waals surface area contributed by atoms with E-state index in [0.717, 1.165) is 24.6 Å². The van der Waals surface area contributed by atoms with Crippen molar-refractivity contribution in [2.75, 3.05) is 19.0 Å². The molecular formula is C15H20BrN3S. The lowest BCUT2D eigenvalue weighted by atomic mass is 10.1. The average molecular weight is 354 g/mol. The van der Waals surface area contributed by atoms with Crippen LogP contribution in [0.15, 0.2) is 21.3 Å². The predicted molar refractivity (Wildman–Crippen MR) is 90.6 cm³/mol. The van der Waals surface area contributed by atoms with Crippen LogP contribution in [0.3, 0.4) is 0 Å². The molecule has 0 saturated carbocycles. The van der Waals surface area contributed by atoms with Crippen molar-refractivity contribution in [2.24, 2.45) is 0 Å². The van der Waals surface area contributed by atoms with Crippen LogP contribution in [0.4, 0.5) is 5.82 Å². The second kappa shape index (κ2) is 6.70. The zero-order valence-corrected chi connectivity index (χ0v) is 14.7. The standard InChI is InChI=1S/C15H20BrN3S/c1-10-5-11(2)18-15(13(10)7-17-3)19(4)8-12-6-14(16)20-9-12/h5-6,9,17H,7-8H2,1-4H3. The van der Waals surface area contributed by atoms with Gasteiger partial charge in [0.05, 0.1) is 3.79 Å². The van der Waals surface area contributed by atoms with E-state index >= 15 is 0 Å². The molecule has 0 spiro atoms. The van der Waals surface area contributed by atoms with Crippen molar-refractivity contribution in [1.82, 2.24) is 10.3 Å². The van der Waals surface area contributed by atoms with Crippen molar-refractivity contribution in [1.29, 1.82) is 0 Å². The van der Waals surface area contributed by atoms with E-state index in [1.165, 1.54) is 20.5 Å². The highest BCUT2D eigenvalue weighted by Gasteiger charge is 2.13. The molecule has 0 atom stereocenters. The Morgan fingerprint density at radius 2 is 2.10 bits per heavy atom. The number of nitrogens with one attached hydrogen (secondary N) is 1. The minimum atomic E-state index is 0.839.